The average Bonchev–Trinajstić information content (AvgIpc) is 3.05. The number of rotatable bonds is 4. The minimum absolute atomic E-state index is 0. The van der Waals surface area contributed by atoms with Crippen LogP contribution in [0.15, 0.2) is 61.2 Å². The molecule has 1 aromatic heterocycles. The first kappa shape index (κ1) is 51.0. The minimum atomic E-state index is -0.996. The molecule has 0 unspecified atom stereocenters. The molecule has 0 atom stereocenters. The number of nitrogens with zero attached hydrogens (tertiary/aromatic N) is 4. The zero-order valence-corrected chi connectivity index (χ0v) is 36.2. The summed E-state index contributed by atoms with van der Waals surface area (Å²) in [5, 5.41) is 8.43. The Kier molecular flexibility index (Phi) is 25.8. The van der Waals surface area contributed by atoms with Gasteiger partial charge in [0.1, 0.15) is 29.6 Å². The third kappa shape index (κ3) is 21.3. The van der Waals surface area contributed by atoms with E-state index in [-0.39, 0.29) is 122 Å². The number of piperazine rings is 1. The molecule has 0 radical (unpaired) electrons. The number of amides is 1. The number of halogens is 3. The van der Waals surface area contributed by atoms with Crippen molar-refractivity contribution in [1.29, 1.82) is 0 Å². The van der Waals surface area contributed by atoms with Gasteiger partial charge in [-0.3, -0.25) is 19.4 Å². The van der Waals surface area contributed by atoms with Crippen molar-refractivity contribution in [3.05, 3.63) is 89.8 Å². The Balaban J connectivity index is -0.000000686. The van der Waals surface area contributed by atoms with Gasteiger partial charge in [-0.2, -0.15) is 4.79 Å². The van der Waals surface area contributed by atoms with Crippen LogP contribution in [0.25, 0.3) is 0 Å². The van der Waals surface area contributed by atoms with E-state index in [0.29, 0.717) is 50.0 Å². The molecular weight excluding hydrogens is 732 g/mol. The van der Waals surface area contributed by atoms with Crippen LogP contribution >= 0.6 is 0 Å². The van der Waals surface area contributed by atoms with E-state index in [2.05, 4.69) is 9.87 Å². The van der Waals surface area contributed by atoms with E-state index in [9.17, 15) is 32.3 Å². The van der Waals surface area contributed by atoms with Gasteiger partial charge in [0, 0.05) is 37.3 Å². The number of hydrogen-bond acceptors (Lipinski definition) is 11. The van der Waals surface area contributed by atoms with Crippen LogP contribution in [0.5, 0.6) is 0 Å². The Hall–Kier alpha value is -2.11. The predicted molar refractivity (Wildman–Crippen MR) is 168 cm³/mol. The molecule has 0 N–H and O–H groups in total. The van der Waals surface area contributed by atoms with Crippen LogP contribution in [0.3, 0.4) is 0 Å². The molecule has 1 saturated heterocycles. The van der Waals surface area contributed by atoms with Gasteiger partial charge in [0.05, 0.1) is 18.1 Å². The van der Waals surface area contributed by atoms with Crippen LogP contribution in [-0.4, -0.2) is 78.5 Å². The van der Waals surface area contributed by atoms with Gasteiger partial charge in [0.2, 0.25) is 0 Å². The van der Waals surface area contributed by atoms with E-state index >= 15 is 0 Å². The van der Waals surface area contributed by atoms with Crippen LogP contribution in [-0.2, 0) is 19.2 Å². The van der Waals surface area contributed by atoms with Gasteiger partial charge in [-0.1, -0.05) is 4.57 Å². The first-order valence-electron chi connectivity index (χ1n) is 14.6. The maximum Gasteiger partial charge on any atom is 1.00 e. The molecule has 3 aromatic rings. The maximum absolute atomic E-state index is 14.0. The molecule has 4 rings (SSSR count). The summed E-state index contributed by atoms with van der Waals surface area (Å²) in [5.41, 5.74) is -0.0831. The molecule has 2 aromatic carbocycles. The number of ether oxygens (including phenoxy) is 2. The Morgan fingerprint density at radius 1 is 0.784 bits per heavy atom. The zero-order valence-electron chi connectivity index (χ0n) is 30.9. The smallest absolute Gasteiger partial charge is 1.00 e. The molecule has 0 spiro atoms. The van der Waals surface area contributed by atoms with E-state index in [1.807, 2.05) is 46.4 Å². The number of carbonyl (C=O) groups is 5. The molecule has 1 amide bonds. The Morgan fingerprint density at radius 2 is 1.25 bits per heavy atom. The molecule has 2 heterocycles. The summed E-state index contributed by atoms with van der Waals surface area (Å²) in [6.07, 6.45) is 6.50. The number of benzene rings is 2. The zero-order chi connectivity index (χ0) is 37.2. The molecule has 1 fully saturated rings. The van der Waals surface area contributed by atoms with Crippen molar-refractivity contribution in [3.63, 3.8) is 0 Å². The second-order valence-corrected chi connectivity index (χ2v) is 11.9. The minimum Gasteiger partial charge on any atom is -1.00 e. The van der Waals surface area contributed by atoms with Gasteiger partial charge in [0.25, 0.3) is 6.47 Å². The quantitative estimate of drug-likeness (QED) is 0.0968. The SMILES string of the molecule is CC(C)(C)OC(=O)N1CCN(c2ccc(C=O)cc2F)CC1.CC(C)(C)OC(=O)[n+]1ccncc1.O=CO[O-].O=Cc1ccc(F)c(F)c1.[H-].[K+].[K+]. The third-order valence-electron chi connectivity index (χ3n) is 5.73. The van der Waals surface area contributed by atoms with E-state index in [4.69, 9.17) is 19.5 Å². The fourth-order valence-electron chi connectivity index (χ4n) is 3.65. The molecule has 51 heavy (non-hydrogen) atoms. The monoisotopic (exact) mass is 771 g/mol. The van der Waals surface area contributed by atoms with Gasteiger partial charge < -0.3 is 30.8 Å². The third-order valence-corrected chi connectivity index (χ3v) is 5.73. The van der Waals surface area contributed by atoms with Crippen LogP contribution in [0.1, 0.15) is 63.7 Å². The van der Waals surface area contributed by atoms with E-state index in [1.165, 1.54) is 29.1 Å². The predicted octanol–water partition coefficient (Wildman–Crippen LogP) is -1.82. The molecule has 1 aliphatic rings. The van der Waals surface area contributed by atoms with Crippen molar-refractivity contribution in [2.45, 2.75) is 52.7 Å². The van der Waals surface area contributed by atoms with Crippen molar-refractivity contribution < 1.29 is 166 Å². The topological polar surface area (TPSA) is 159 Å². The largest absolute Gasteiger partial charge is 1.00 e. The summed E-state index contributed by atoms with van der Waals surface area (Å²) in [6.45, 7) is 12.8. The van der Waals surface area contributed by atoms with Crippen molar-refractivity contribution in [2.75, 3.05) is 31.1 Å². The fraction of sp³-hybridized carbons (Fsp3) is 0.364. The summed E-state index contributed by atoms with van der Waals surface area (Å²) in [6, 6.07) is 7.39. The Morgan fingerprint density at radius 3 is 1.67 bits per heavy atom. The Bertz CT molecular complexity index is 1540. The van der Waals surface area contributed by atoms with Crippen molar-refractivity contribution >= 4 is 36.9 Å². The average molecular weight is 772 g/mol. The summed E-state index contributed by atoms with van der Waals surface area (Å²) in [7, 11) is 0. The van der Waals surface area contributed by atoms with Gasteiger partial charge in [-0.25, -0.2) is 18.0 Å². The molecule has 0 bridgehead atoms. The number of aromatic nitrogens is 2. The van der Waals surface area contributed by atoms with Gasteiger partial charge >= 0.3 is 115 Å². The first-order valence-corrected chi connectivity index (χ1v) is 14.6. The number of hydrogen-bond donors (Lipinski definition) is 0. The molecule has 268 valence electrons. The molecule has 18 heteroatoms. The van der Waals surface area contributed by atoms with Crippen molar-refractivity contribution in [2.24, 2.45) is 0 Å². The van der Waals surface area contributed by atoms with Crippen LogP contribution < -0.4 is 117 Å². The number of aldehydes is 2. The Labute approximate surface area is 381 Å². The summed E-state index contributed by atoms with van der Waals surface area (Å²) < 4.78 is 50.2. The van der Waals surface area contributed by atoms with E-state index in [0.717, 1.165) is 12.1 Å². The van der Waals surface area contributed by atoms with E-state index < -0.39 is 34.7 Å². The fourth-order valence-corrected chi connectivity index (χ4v) is 3.65. The van der Waals surface area contributed by atoms with Crippen LogP contribution in [0.4, 0.5) is 28.4 Å². The standard InChI is InChI=1S/C16H21FN2O3.C9H13N2O2.C7H4F2O.CH2O3.2K.H/c1-16(2,3)22-15(21)19-8-6-18(7-9-19)14-5-4-12(11-20)10-13(14)17;1-9(2,3)13-8(12)11-6-4-10-5-7-11;8-6-2-1-5(4-10)3-7(6)9;2-1-4-3;;;/h4-5,10-11H,6-9H2,1-3H3;4-7H,1-3H3;1-4H;1,3H;;;/q;+1;;;2*+1;-1/p-1. The normalized spacial score (nSPS) is 11.8. The van der Waals surface area contributed by atoms with Crippen molar-refractivity contribution in [1.82, 2.24) is 9.88 Å². The number of anilines is 1. The summed E-state index contributed by atoms with van der Waals surface area (Å²) >= 11 is 0. The summed E-state index contributed by atoms with van der Waals surface area (Å²) in [5.74, 6) is -2.36. The molecular formula is C33H40F3K2N4O9+. The van der Waals surface area contributed by atoms with Gasteiger partial charge in [-0.05, 0) is 77.9 Å². The van der Waals surface area contributed by atoms with Crippen LogP contribution in [0.2, 0.25) is 0 Å². The maximum atomic E-state index is 14.0. The second-order valence-electron chi connectivity index (χ2n) is 11.9. The van der Waals surface area contributed by atoms with Crippen molar-refractivity contribution in [3.8, 4) is 0 Å². The molecule has 1 aliphatic heterocycles. The summed E-state index contributed by atoms with van der Waals surface area (Å²) in [4.78, 5) is 62.5. The molecule has 0 aliphatic carbocycles. The van der Waals surface area contributed by atoms with Gasteiger partial charge in [-0.15, -0.1) is 0 Å². The van der Waals surface area contributed by atoms with Gasteiger partial charge in [0.15, 0.2) is 24.0 Å². The van der Waals surface area contributed by atoms with E-state index in [1.54, 1.807) is 29.4 Å². The second kappa shape index (κ2) is 25.8. The molecule has 13 nitrogen and oxygen atoms in total. The van der Waals surface area contributed by atoms with Crippen LogP contribution in [0, 0.1) is 17.5 Å². The number of carbonyl (C=O) groups excluding carboxylic acids is 5. The molecule has 0 saturated carbocycles. The first-order chi connectivity index (χ1) is 22.9.